The summed E-state index contributed by atoms with van der Waals surface area (Å²) < 4.78 is 0. The third-order valence-corrected chi connectivity index (χ3v) is 3.72. The van der Waals surface area contributed by atoms with Crippen LogP contribution in [-0.4, -0.2) is 28.6 Å². The highest BCUT2D eigenvalue weighted by atomic mass is 32.2. The first-order valence-electron chi connectivity index (χ1n) is 6.19. The molecule has 0 saturated heterocycles. The van der Waals surface area contributed by atoms with Crippen LogP contribution in [0.2, 0.25) is 0 Å². The lowest BCUT2D eigenvalue weighted by Crippen LogP contribution is -2.12. The van der Waals surface area contributed by atoms with Gasteiger partial charge in [-0.05, 0) is 13.3 Å². The van der Waals surface area contributed by atoms with Crippen molar-refractivity contribution in [3.05, 3.63) is 35.9 Å². The van der Waals surface area contributed by atoms with E-state index in [4.69, 9.17) is 0 Å². The van der Waals surface area contributed by atoms with Crippen LogP contribution >= 0.6 is 11.8 Å². The summed E-state index contributed by atoms with van der Waals surface area (Å²) in [5, 5.41) is 10.6. The van der Waals surface area contributed by atoms with Gasteiger partial charge in [0.25, 0.3) is 0 Å². The van der Waals surface area contributed by atoms with E-state index in [1.54, 1.807) is 11.8 Å². The van der Waals surface area contributed by atoms with Gasteiger partial charge >= 0.3 is 0 Å². The van der Waals surface area contributed by atoms with E-state index in [0.29, 0.717) is 0 Å². The number of nitrogens with zero attached hydrogens (tertiary/aromatic N) is 1. The van der Waals surface area contributed by atoms with E-state index in [1.165, 1.54) is 0 Å². The van der Waals surface area contributed by atoms with Crippen LogP contribution in [0.4, 0.5) is 0 Å². The molecule has 1 aromatic carbocycles. The molecule has 3 heteroatoms. The molecule has 0 aliphatic rings. The fourth-order valence-corrected chi connectivity index (χ4v) is 2.81. The van der Waals surface area contributed by atoms with Gasteiger partial charge in [-0.2, -0.15) is 0 Å². The van der Waals surface area contributed by atoms with Crippen molar-refractivity contribution in [2.45, 2.75) is 31.9 Å². The monoisotopic (exact) mass is 251 g/mol. The molecule has 0 radical (unpaired) electrons. The molecular formula is C14H21NOS. The Morgan fingerprint density at radius 1 is 1.29 bits per heavy atom. The lowest BCUT2D eigenvalue weighted by atomic mass is 10.2. The Kier molecular flexibility index (Phi) is 6.97. The fourth-order valence-electron chi connectivity index (χ4n) is 1.59. The SMILES string of the molecule is CCCC(CO)SC(=NCC)c1ccccc1. The summed E-state index contributed by atoms with van der Waals surface area (Å²) in [5.74, 6) is 0. The molecule has 0 bridgehead atoms. The van der Waals surface area contributed by atoms with E-state index < -0.39 is 0 Å². The first-order valence-corrected chi connectivity index (χ1v) is 7.07. The van der Waals surface area contributed by atoms with Crippen LogP contribution in [0.5, 0.6) is 0 Å². The van der Waals surface area contributed by atoms with E-state index in [9.17, 15) is 5.11 Å². The van der Waals surface area contributed by atoms with Crippen molar-refractivity contribution in [2.24, 2.45) is 4.99 Å². The Morgan fingerprint density at radius 2 is 2.00 bits per heavy atom. The molecule has 1 rings (SSSR count). The van der Waals surface area contributed by atoms with Crippen LogP contribution in [0, 0.1) is 0 Å². The summed E-state index contributed by atoms with van der Waals surface area (Å²) in [6.07, 6.45) is 2.11. The molecule has 1 aromatic rings. The average Bonchev–Trinajstić information content (AvgIpc) is 2.38. The highest BCUT2D eigenvalue weighted by Gasteiger charge is 2.12. The van der Waals surface area contributed by atoms with Crippen LogP contribution < -0.4 is 0 Å². The van der Waals surface area contributed by atoms with Crippen molar-refractivity contribution < 1.29 is 5.11 Å². The number of benzene rings is 1. The highest BCUT2D eigenvalue weighted by Crippen LogP contribution is 2.22. The Balaban J connectivity index is 2.77. The third kappa shape index (κ3) is 4.92. The minimum Gasteiger partial charge on any atom is -0.395 e. The normalized spacial score (nSPS) is 13.7. The van der Waals surface area contributed by atoms with Gasteiger partial charge in [-0.3, -0.25) is 4.99 Å². The number of hydrogen-bond donors (Lipinski definition) is 1. The Hall–Kier alpha value is -0.800. The van der Waals surface area contributed by atoms with E-state index in [0.717, 1.165) is 30.0 Å². The minimum absolute atomic E-state index is 0.216. The quantitative estimate of drug-likeness (QED) is 0.621. The van der Waals surface area contributed by atoms with Crippen molar-refractivity contribution >= 4 is 16.8 Å². The number of thioether (sulfide) groups is 1. The Morgan fingerprint density at radius 3 is 2.53 bits per heavy atom. The summed E-state index contributed by atoms with van der Waals surface area (Å²) in [7, 11) is 0. The van der Waals surface area contributed by atoms with Gasteiger partial charge in [0.05, 0.1) is 11.7 Å². The zero-order valence-electron chi connectivity index (χ0n) is 10.6. The summed E-state index contributed by atoms with van der Waals surface area (Å²) >= 11 is 1.69. The number of aliphatic hydroxyl groups excluding tert-OH is 1. The predicted molar refractivity (Wildman–Crippen MR) is 76.9 cm³/mol. The molecule has 17 heavy (non-hydrogen) atoms. The second-order valence-corrected chi connectivity index (χ2v) is 5.15. The molecule has 0 amide bonds. The maximum Gasteiger partial charge on any atom is 0.0980 e. The molecule has 1 unspecified atom stereocenters. The Bertz CT molecular complexity index is 337. The maximum absolute atomic E-state index is 9.35. The van der Waals surface area contributed by atoms with Gasteiger partial charge in [0.15, 0.2) is 0 Å². The minimum atomic E-state index is 0.216. The van der Waals surface area contributed by atoms with Gasteiger partial charge in [0.2, 0.25) is 0 Å². The molecule has 94 valence electrons. The molecule has 1 atom stereocenters. The molecule has 0 aliphatic carbocycles. The van der Waals surface area contributed by atoms with Gasteiger partial charge in [-0.15, -0.1) is 11.8 Å². The number of aliphatic imine (C=N–C) groups is 1. The molecule has 0 spiro atoms. The Labute approximate surface area is 108 Å². The first kappa shape index (κ1) is 14.3. The lowest BCUT2D eigenvalue weighted by Gasteiger charge is -2.14. The molecule has 2 nitrogen and oxygen atoms in total. The topological polar surface area (TPSA) is 32.6 Å². The smallest absolute Gasteiger partial charge is 0.0980 e. The standard InChI is InChI=1S/C14H21NOS/c1-3-8-13(11-16)17-14(15-4-2)12-9-6-5-7-10-12/h5-7,9-10,13,16H,3-4,8,11H2,1-2H3. The largest absolute Gasteiger partial charge is 0.395 e. The van der Waals surface area contributed by atoms with Crippen LogP contribution in [0.25, 0.3) is 0 Å². The summed E-state index contributed by atoms with van der Waals surface area (Å²) in [6, 6.07) is 10.2. The molecule has 0 aliphatic heterocycles. The van der Waals surface area contributed by atoms with Gasteiger partial charge < -0.3 is 5.11 Å². The molecule has 0 fully saturated rings. The van der Waals surface area contributed by atoms with Gasteiger partial charge in [-0.25, -0.2) is 0 Å². The zero-order valence-corrected chi connectivity index (χ0v) is 11.4. The molecule has 0 heterocycles. The number of rotatable bonds is 6. The molecule has 0 aromatic heterocycles. The third-order valence-electron chi connectivity index (χ3n) is 2.42. The van der Waals surface area contributed by atoms with Crippen molar-refractivity contribution in [3.8, 4) is 0 Å². The highest BCUT2D eigenvalue weighted by molar-refractivity contribution is 8.15. The zero-order chi connectivity index (χ0) is 12.5. The molecule has 1 N–H and O–H groups in total. The van der Waals surface area contributed by atoms with Crippen LogP contribution in [0.1, 0.15) is 32.3 Å². The number of hydrogen-bond acceptors (Lipinski definition) is 3. The van der Waals surface area contributed by atoms with E-state index in [2.05, 4.69) is 24.0 Å². The summed E-state index contributed by atoms with van der Waals surface area (Å²) in [5.41, 5.74) is 1.15. The van der Waals surface area contributed by atoms with Gasteiger partial charge in [-0.1, -0.05) is 43.7 Å². The maximum atomic E-state index is 9.35. The summed E-state index contributed by atoms with van der Waals surface area (Å²) in [4.78, 5) is 4.53. The molecule has 0 saturated carbocycles. The second-order valence-electron chi connectivity index (χ2n) is 3.86. The first-order chi connectivity index (χ1) is 8.31. The summed E-state index contributed by atoms with van der Waals surface area (Å²) in [6.45, 7) is 5.18. The van der Waals surface area contributed by atoms with Crippen LogP contribution in [-0.2, 0) is 0 Å². The average molecular weight is 251 g/mol. The van der Waals surface area contributed by atoms with Crippen LogP contribution in [0.3, 0.4) is 0 Å². The van der Waals surface area contributed by atoms with Gasteiger partial charge in [0.1, 0.15) is 0 Å². The van der Waals surface area contributed by atoms with E-state index in [-0.39, 0.29) is 11.9 Å². The van der Waals surface area contributed by atoms with Crippen molar-refractivity contribution in [1.29, 1.82) is 0 Å². The molecular weight excluding hydrogens is 230 g/mol. The van der Waals surface area contributed by atoms with Crippen molar-refractivity contribution in [1.82, 2.24) is 0 Å². The van der Waals surface area contributed by atoms with Crippen LogP contribution in [0.15, 0.2) is 35.3 Å². The van der Waals surface area contributed by atoms with Gasteiger partial charge in [0, 0.05) is 17.4 Å². The second kappa shape index (κ2) is 8.31. The van der Waals surface area contributed by atoms with E-state index >= 15 is 0 Å². The van der Waals surface area contributed by atoms with Crippen molar-refractivity contribution in [3.63, 3.8) is 0 Å². The predicted octanol–water partition coefficient (Wildman–Crippen LogP) is 3.35. The number of aliphatic hydroxyl groups is 1. The van der Waals surface area contributed by atoms with E-state index in [1.807, 2.05) is 25.1 Å². The fraction of sp³-hybridized carbons (Fsp3) is 0.500. The lowest BCUT2D eigenvalue weighted by molar-refractivity contribution is 0.290. The van der Waals surface area contributed by atoms with Crippen molar-refractivity contribution in [2.75, 3.05) is 13.2 Å².